The highest BCUT2D eigenvalue weighted by atomic mass is 16.5. The number of aliphatic hydroxyl groups excluding tert-OH is 1. The zero-order chi connectivity index (χ0) is 15.4. The third kappa shape index (κ3) is 3.47. The quantitative estimate of drug-likeness (QED) is 0.790. The highest BCUT2D eigenvalue weighted by molar-refractivity contribution is 5.83. The minimum atomic E-state index is -0.987. The number of carboxylic acids is 1. The third-order valence-electron chi connectivity index (χ3n) is 4.46. The lowest BCUT2D eigenvalue weighted by atomic mass is 10.00. The molecule has 0 aromatic rings. The number of hydrogen-bond donors (Lipinski definition) is 2. The predicted octanol–water partition coefficient (Wildman–Crippen LogP) is 0.517. The van der Waals surface area contributed by atoms with Gasteiger partial charge in [-0.1, -0.05) is 0 Å². The molecule has 2 heterocycles. The van der Waals surface area contributed by atoms with Gasteiger partial charge in [0.25, 0.3) is 0 Å². The first kappa shape index (κ1) is 16.0. The Kier molecular flexibility index (Phi) is 5.41. The van der Waals surface area contributed by atoms with E-state index >= 15 is 0 Å². The molecule has 0 aromatic carbocycles. The van der Waals surface area contributed by atoms with E-state index in [2.05, 4.69) is 0 Å². The van der Waals surface area contributed by atoms with Crippen molar-refractivity contribution in [3.8, 4) is 0 Å². The van der Waals surface area contributed by atoms with Crippen LogP contribution in [0, 0.1) is 0 Å². The van der Waals surface area contributed by atoms with Gasteiger partial charge in [-0.15, -0.1) is 0 Å². The van der Waals surface area contributed by atoms with Gasteiger partial charge in [-0.05, 0) is 25.7 Å². The number of carbonyl (C=O) groups excluding carboxylic acids is 1. The van der Waals surface area contributed by atoms with Crippen molar-refractivity contribution in [1.29, 1.82) is 0 Å². The molecule has 2 amide bonds. The zero-order valence-corrected chi connectivity index (χ0v) is 12.4. The fourth-order valence-electron chi connectivity index (χ4n) is 3.28. The number of nitrogens with zero attached hydrogens (tertiary/aromatic N) is 2. The van der Waals surface area contributed by atoms with Crippen molar-refractivity contribution >= 4 is 12.0 Å². The summed E-state index contributed by atoms with van der Waals surface area (Å²) >= 11 is 0. The van der Waals surface area contributed by atoms with Crippen molar-refractivity contribution in [2.24, 2.45) is 0 Å². The molecule has 2 N–H and O–H groups in total. The summed E-state index contributed by atoms with van der Waals surface area (Å²) in [5.41, 5.74) is 0. The molecule has 2 fully saturated rings. The second kappa shape index (κ2) is 7.09. The van der Waals surface area contributed by atoms with Gasteiger partial charge in [0.05, 0.1) is 6.10 Å². The standard InChI is InChI=1S/C14H24N2O5/c1-21-11-8-12(13(18)19)16(9-11)14(20)15-6-3-2-4-10(15)5-7-17/h10-12,17H,2-9H2,1H3,(H,18,19). The van der Waals surface area contributed by atoms with Crippen LogP contribution in [0.25, 0.3) is 0 Å². The lowest BCUT2D eigenvalue weighted by Crippen LogP contribution is -2.53. The van der Waals surface area contributed by atoms with E-state index in [-0.39, 0.29) is 24.8 Å². The van der Waals surface area contributed by atoms with Crippen molar-refractivity contribution in [2.75, 3.05) is 26.8 Å². The summed E-state index contributed by atoms with van der Waals surface area (Å²) in [5, 5.41) is 18.4. The summed E-state index contributed by atoms with van der Waals surface area (Å²) in [4.78, 5) is 27.2. The monoisotopic (exact) mass is 300 g/mol. The lowest BCUT2D eigenvalue weighted by molar-refractivity contribution is -0.141. The highest BCUT2D eigenvalue weighted by Crippen LogP contribution is 2.26. The maximum Gasteiger partial charge on any atom is 0.326 e. The number of carboxylic acid groups (broad SMARTS) is 1. The van der Waals surface area contributed by atoms with Gasteiger partial charge in [0, 0.05) is 39.3 Å². The van der Waals surface area contributed by atoms with E-state index < -0.39 is 12.0 Å². The molecule has 2 saturated heterocycles. The highest BCUT2D eigenvalue weighted by Gasteiger charge is 2.42. The lowest BCUT2D eigenvalue weighted by Gasteiger charge is -2.38. The second-order valence-corrected chi connectivity index (χ2v) is 5.74. The molecule has 3 unspecified atom stereocenters. The van der Waals surface area contributed by atoms with Crippen molar-refractivity contribution in [2.45, 2.75) is 50.3 Å². The molecule has 2 rings (SSSR count). The van der Waals surface area contributed by atoms with Crippen LogP contribution in [-0.2, 0) is 9.53 Å². The number of aliphatic carboxylic acids is 1. The van der Waals surface area contributed by atoms with Gasteiger partial charge < -0.3 is 24.7 Å². The maximum absolute atomic E-state index is 12.7. The van der Waals surface area contributed by atoms with Gasteiger partial charge >= 0.3 is 12.0 Å². The molecule has 0 spiro atoms. The number of aliphatic hydroxyl groups is 1. The van der Waals surface area contributed by atoms with Crippen LogP contribution >= 0.6 is 0 Å². The van der Waals surface area contributed by atoms with Gasteiger partial charge in [0.2, 0.25) is 0 Å². The van der Waals surface area contributed by atoms with Crippen LogP contribution in [0.3, 0.4) is 0 Å². The van der Waals surface area contributed by atoms with Crippen LogP contribution < -0.4 is 0 Å². The molecule has 7 nitrogen and oxygen atoms in total. The number of rotatable bonds is 4. The van der Waals surface area contributed by atoms with Crippen LogP contribution in [0.1, 0.15) is 32.1 Å². The number of urea groups is 1. The Morgan fingerprint density at radius 3 is 2.67 bits per heavy atom. The topological polar surface area (TPSA) is 90.3 Å². The van der Waals surface area contributed by atoms with E-state index in [1.165, 1.54) is 12.0 Å². The molecule has 2 aliphatic rings. The van der Waals surface area contributed by atoms with Crippen molar-refractivity contribution in [3.05, 3.63) is 0 Å². The minimum Gasteiger partial charge on any atom is -0.480 e. The van der Waals surface area contributed by atoms with Crippen LogP contribution in [-0.4, -0.2) is 77.0 Å². The van der Waals surface area contributed by atoms with Crippen LogP contribution in [0.2, 0.25) is 0 Å². The molecular formula is C14H24N2O5. The van der Waals surface area contributed by atoms with Crippen LogP contribution in [0.5, 0.6) is 0 Å². The van der Waals surface area contributed by atoms with E-state index in [0.29, 0.717) is 25.9 Å². The molecule has 2 aliphatic heterocycles. The van der Waals surface area contributed by atoms with E-state index in [0.717, 1.165) is 19.3 Å². The molecule has 0 aromatic heterocycles. The Morgan fingerprint density at radius 2 is 2.05 bits per heavy atom. The molecule has 7 heteroatoms. The Labute approximate surface area is 124 Å². The first-order chi connectivity index (χ1) is 10.1. The number of ether oxygens (including phenoxy) is 1. The molecule has 21 heavy (non-hydrogen) atoms. The summed E-state index contributed by atoms with van der Waals surface area (Å²) in [7, 11) is 1.53. The number of carbonyl (C=O) groups is 2. The van der Waals surface area contributed by atoms with E-state index in [9.17, 15) is 14.7 Å². The fourth-order valence-corrected chi connectivity index (χ4v) is 3.28. The first-order valence-electron chi connectivity index (χ1n) is 7.52. The fraction of sp³-hybridized carbons (Fsp3) is 0.857. The summed E-state index contributed by atoms with van der Waals surface area (Å²) < 4.78 is 5.22. The number of likely N-dealkylation sites (tertiary alicyclic amines) is 2. The number of methoxy groups -OCH3 is 1. The van der Waals surface area contributed by atoms with E-state index in [4.69, 9.17) is 9.84 Å². The van der Waals surface area contributed by atoms with Crippen molar-refractivity contribution in [3.63, 3.8) is 0 Å². The Hall–Kier alpha value is -1.34. The summed E-state index contributed by atoms with van der Waals surface area (Å²) in [6, 6.07) is -1.05. The normalized spacial score (nSPS) is 29.7. The zero-order valence-electron chi connectivity index (χ0n) is 12.4. The largest absolute Gasteiger partial charge is 0.480 e. The second-order valence-electron chi connectivity index (χ2n) is 5.74. The first-order valence-corrected chi connectivity index (χ1v) is 7.52. The summed E-state index contributed by atoms with van der Waals surface area (Å²) in [6.07, 6.45) is 3.48. The molecule has 120 valence electrons. The molecule has 0 radical (unpaired) electrons. The minimum absolute atomic E-state index is 0.00675. The average molecular weight is 300 g/mol. The van der Waals surface area contributed by atoms with Crippen molar-refractivity contribution < 1.29 is 24.5 Å². The van der Waals surface area contributed by atoms with Crippen molar-refractivity contribution in [1.82, 2.24) is 9.80 Å². The van der Waals surface area contributed by atoms with Gasteiger partial charge in [0.15, 0.2) is 0 Å². The van der Waals surface area contributed by atoms with Gasteiger partial charge in [0.1, 0.15) is 6.04 Å². The molecule has 3 atom stereocenters. The number of hydrogen-bond acceptors (Lipinski definition) is 4. The summed E-state index contributed by atoms with van der Waals surface area (Å²) in [5.74, 6) is -0.987. The SMILES string of the molecule is COC1CC(C(=O)O)N(C(=O)N2CCCCC2CCO)C1. The maximum atomic E-state index is 12.7. The van der Waals surface area contributed by atoms with Gasteiger partial charge in [-0.3, -0.25) is 0 Å². The smallest absolute Gasteiger partial charge is 0.326 e. The molecule has 0 aliphatic carbocycles. The Bertz CT molecular complexity index is 388. The molecule has 0 bridgehead atoms. The third-order valence-corrected chi connectivity index (χ3v) is 4.46. The number of amides is 2. The Morgan fingerprint density at radius 1 is 1.29 bits per heavy atom. The van der Waals surface area contributed by atoms with Gasteiger partial charge in [-0.25, -0.2) is 9.59 Å². The Balaban J connectivity index is 2.10. The predicted molar refractivity (Wildman–Crippen MR) is 75.0 cm³/mol. The average Bonchev–Trinajstić information content (AvgIpc) is 2.92. The van der Waals surface area contributed by atoms with Gasteiger partial charge in [-0.2, -0.15) is 0 Å². The van der Waals surface area contributed by atoms with Crippen LogP contribution in [0.4, 0.5) is 4.79 Å². The summed E-state index contributed by atoms with van der Waals surface area (Å²) in [6.45, 7) is 0.982. The van der Waals surface area contributed by atoms with E-state index in [1.54, 1.807) is 4.90 Å². The molecular weight excluding hydrogens is 276 g/mol. The van der Waals surface area contributed by atoms with Crippen LogP contribution in [0.15, 0.2) is 0 Å². The molecule has 0 saturated carbocycles. The number of piperidine rings is 1. The van der Waals surface area contributed by atoms with E-state index in [1.807, 2.05) is 0 Å².